The van der Waals surface area contributed by atoms with Gasteiger partial charge in [-0.05, 0) is 32.0 Å². The molecule has 3 rings (SSSR count). The monoisotopic (exact) mass is 335 g/mol. The van der Waals surface area contributed by atoms with Crippen LogP contribution in [0.5, 0.6) is 5.75 Å². The highest BCUT2D eigenvalue weighted by Crippen LogP contribution is 2.24. The summed E-state index contributed by atoms with van der Waals surface area (Å²) in [5.74, 6) is 0.981. The van der Waals surface area contributed by atoms with Crippen molar-refractivity contribution < 1.29 is 4.74 Å². The summed E-state index contributed by atoms with van der Waals surface area (Å²) in [5.41, 5.74) is 3.04. The first-order valence-corrected chi connectivity index (χ1v) is 8.88. The van der Waals surface area contributed by atoms with Gasteiger partial charge in [-0.3, -0.25) is 4.90 Å². The second-order valence-electron chi connectivity index (χ2n) is 6.67. The molecular formula is C21H25N3O. The van der Waals surface area contributed by atoms with E-state index in [1.54, 1.807) is 0 Å². The lowest BCUT2D eigenvalue weighted by Crippen LogP contribution is -2.46. The van der Waals surface area contributed by atoms with Gasteiger partial charge in [0.2, 0.25) is 0 Å². The van der Waals surface area contributed by atoms with Crippen molar-refractivity contribution in [3.63, 3.8) is 0 Å². The van der Waals surface area contributed by atoms with Crippen LogP contribution in [0.4, 0.5) is 5.69 Å². The van der Waals surface area contributed by atoms with Crippen molar-refractivity contribution in [2.24, 2.45) is 0 Å². The summed E-state index contributed by atoms with van der Waals surface area (Å²) in [5, 5.41) is 9.30. The molecular weight excluding hydrogens is 310 g/mol. The van der Waals surface area contributed by atoms with Gasteiger partial charge < -0.3 is 9.64 Å². The fourth-order valence-electron chi connectivity index (χ4n) is 3.24. The Morgan fingerprint density at radius 2 is 1.68 bits per heavy atom. The second kappa shape index (κ2) is 8.04. The SMILES string of the molecule is CC(C)Oc1ccccc1CN1CCN(c2ccccc2C#N)CC1. The lowest BCUT2D eigenvalue weighted by atomic mass is 10.1. The first kappa shape index (κ1) is 17.3. The highest BCUT2D eigenvalue weighted by Gasteiger charge is 2.20. The van der Waals surface area contributed by atoms with Crippen LogP contribution in [0.25, 0.3) is 0 Å². The molecule has 1 heterocycles. The Kier molecular flexibility index (Phi) is 5.57. The lowest BCUT2D eigenvalue weighted by Gasteiger charge is -2.36. The predicted octanol–water partition coefficient (Wildman–Crippen LogP) is 3.67. The molecule has 0 spiro atoms. The molecule has 1 saturated heterocycles. The van der Waals surface area contributed by atoms with Crippen molar-refractivity contribution in [2.75, 3.05) is 31.1 Å². The Morgan fingerprint density at radius 1 is 1.00 bits per heavy atom. The zero-order valence-corrected chi connectivity index (χ0v) is 15.0. The van der Waals surface area contributed by atoms with Crippen LogP contribution in [0.3, 0.4) is 0 Å². The minimum absolute atomic E-state index is 0.181. The second-order valence-corrected chi connectivity index (χ2v) is 6.67. The van der Waals surface area contributed by atoms with Crippen LogP contribution in [-0.4, -0.2) is 37.2 Å². The molecule has 0 saturated carbocycles. The maximum absolute atomic E-state index is 9.30. The molecule has 0 radical (unpaired) electrons. The Morgan fingerprint density at radius 3 is 2.40 bits per heavy atom. The first-order valence-electron chi connectivity index (χ1n) is 8.88. The largest absolute Gasteiger partial charge is 0.491 e. The third-order valence-corrected chi connectivity index (χ3v) is 4.47. The van der Waals surface area contributed by atoms with Gasteiger partial charge in [0.05, 0.1) is 17.4 Å². The third-order valence-electron chi connectivity index (χ3n) is 4.47. The minimum Gasteiger partial charge on any atom is -0.491 e. The first-order chi connectivity index (χ1) is 12.2. The summed E-state index contributed by atoms with van der Waals surface area (Å²) in [6.45, 7) is 8.85. The zero-order chi connectivity index (χ0) is 17.6. The van der Waals surface area contributed by atoms with Crippen LogP contribution in [0, 0.1) is 11.3 Å². The van der Waals surface area contributed by atoms with Gasteiger partial charge in [-0.25, -0.2) is 0 Å². The van der Waals surface area contributed by atoms with Gasteiger partial charge in [0.1, 0.15) is 11.8 Å². The number of nitriles is 1. The summed E-state index contributed by atoms with van der Waals surface area (Å²) in [6, 6.07) is 18.4. The summed E-state index contributed by atoms with van der Waals surface area (Å²) in [6.07, 6.45) is 0.181. The van der Waals surface area contributed by atoms with Crippen molar-refractivity contribution in [3.8, 4) is 11.8 Å². The van der Waals surface area contributed by atoms with E-state index in [1.807, 2.05) is 30.3 Å². The molecule has 0 bridgehead atoms. The lowest BCUT2D eigenvalue weighted by molar-refractivity contribution is 0.222. The smallest absolute Gasteiger partial charge is 0.124 e. The van der Waals surface area contributed by atoms with Crippen molar-refractivity contribution >= 4 is 5.69 Å². The normalized spacial score (nSPS) is 15.2. The number of hydrogen-bond acceptors (Lipinski definition) is 4. The summed E-state index contributed by atoms with van der Waals surface area (Å²) in [4.78, 5) is 4.76. The molecule has 0 amide bonds. The minimum atomic E-state index is 0.181. The molecule has 1 aliphatic heterocycles. The Bertz CT molecular complexity index is 743. The van der Waals surface area contributed by atoms with Crippen LogP contribution in [0.15, 0.2) is 48.5 Å². The van der Waals surface area contributed by atoms with Crippen molar-refractivity contribution in [1.29, 1.82) is 5.26 Å². The molecule has 0 unspecified atom stereocenters. The molecule has 0 aliphatic carbocycles. The van der Waals surface area contributed by atoms with E-state index >= 15 is 0 Å². The summed E-state index contributed by atoms with van der Waals surface area (Å²) < 4.78 is 5.93. The maximum Gasteiger partial charge on any atom is 0.124 e. The van der Waals surface area contributed by atoms with E-state index in [9.17, 15) is 5.26 Å². The maximum atomic E-state index is 9.30. The standard InChI is InChI=1S/C21H25N3O/c1-17(2)25-21-10-6-4-8-19(21)16-23-11-13-24(14-12-23)20-9-5-3-7-18(20)15-22/h3-10,17H,11-14,16H2,1-2H3. The molecule has 2 aromatic rings. The van der Waals surface area contributed by atoms with Gasteiger partial charge in [-0.15, -0.1) is 0 Å². The van der Waals surface area contributed by atoms with Gasteiger partial charge in [-0.2, -0.15) is 5.26 Å². The predicted molar refractivity (Wildman–Crippen MR) is 101 cm³/mol. The average Bonchev–Trinajstić information content (AvgIpc) is 2.63. The van der Waals surface area contributed by atoms with Gasteiger partial charge in [0.15, 0.2) is 0 Å². The highest BCUT2D eigenvalue weighted by molar-refractivity contribution is 5.59. The van der Waals surface area contributed by atoms with Gasteiger partial charge in [0.25, 0.3) is 0 Å². The fraction of sp³-hybridized carbons (Fsp3) is 0.381. The van der Waals surface area contributed by atoms with E-state index in [0.717, 1.165) is 49.7 Å². The van der Waals surface area contributed by atoms with Crippen LogP contribution >= 0.6 is 0 Å². The van der Waals surface area contributed by atoms with E-state index in [4.69, 9.17) is 4.74 Å². The van der Waals surface area contributed by atoms with Crippen LogP contribution in [-0.2, 0) is 6.54 Å². The van der Waals surface area contributed by atoms with Crippen molar-refractivity contribution in [3.05, 3.63) is 59.7 Å². The molecule has 130 valence electrons. The average molecular weight is 335 g/mol. The Balaban J connectivity index is 1.63. The molecule has 0 aromatic heterocycles. The molecule has 0 atom stereocenters. The molecule has 2 aromatic carbocycles. The third kappa shape index (κ3) is 4.32. The molecule has 1 aliphatic rings. The van der Waals surface area contributed by atoms with Crippen LogP contribution < -0.4 is 9.64 Å². The highest BCUT2D eigenvalue weighted by atomic mass is 16.5. The zero-order valence-electron chi connectivity index (χ0n) is 15.0. The van der Waals surface area contributed by atoms with Crippen LogP contribution in [0.1, 0.15) is 25.0 Å². The van der Waals surface area contributed by atoms with Gasteiger partial charge in [0, 0.05) is 38.3 Å². The fourth-order valence-corrected chi connectivity index (χ4v) is 3.24. The summed E-state index contributed by atoms with van der Waals surface area (Å²) >= 11 is 0. The number of benzene rings is 2. The molecule has 0 N–H and O–H groups in total. The van der Waals surface area contributed by atoms with Gasteiger partial charge in [-0.1, -0.05) is 30.3 Å². The van der Waals surface area contributed by atoms with E-state index in [2.05, 4.69) is 47.9 Å². The number of para-hydroxylation sites is 2. The molecule has 4 nitrogen and oxygen atoms in total. The molecule has 1 fully saturated rings. The number of anilines is 1. The van der Waals surface area contributed by atoms with Gasteiger partial charge >= 0.3 is 0 Å². The van der Waals surface area contributed by atoms with E-state index in [1.165, 1.54) is 5.56 Å². The van der Waals surface area contributed by atoms with Crippen molar-refractivity contribution in [1.82, 2.24) is 4.90 Å². The number of hydrogen-bond donors (Lipinski definition) is 0. The van der Waals surface area contributed by atoms with Crippen LogP contribution in [0.2, 0.25) is 0 Å². The molecule has 4 heteroatoms. The Labute approximate surface area is 150 Å². The number of ether oxygens (including phenoxy) is 1. The Hall–Kier alpha value is -2.51. The van der Waals surface area contributed by atoms with Crippen molar-refractivity contribution in [2.45, 2.75) is 26.5 Å². The summed E-state index contributed by atoms with van der Waals surface area (Å²) in [7, 11) is 0. The number of rotatable bonds is 5. The van der Waals surface area contributed by atoms with E-state index in [-0.39, 0.29) is 6.10 Å². The van der Waals surface area contributed by atoms with E-state index in [0.29, 0.717) is 0 Å². The topological polar surface area (TPSA) is 39.5 Å². The number of nitrogens with zero attached hydrogens (tertiary/aromatic N) is 3. The quantitative estimate of drug-likeness (QED) is 0.836. The van der Waals surface area contributed by atoms with E-state index < -0.39 is 0 Å². The number of piperazine rings is 1. The molecule has 25 heavy (non-hydrogen) atoms.